The molecule has 2 aliphatic carbocycles. The Hall–Kier alpha value is -1.58. The van der Waals surface area contributed by atoms with Crippen LogP contribution in [0.5, 0.6) is 0 Å². The van der Waals surface area contributed by atoms with E-state index in [9.17, 15) is 19.8 Å². The smallest absolute Gasteiger partial charge is 0.163 e. The predicted octanol–water partition coefficient (Wildman–Crippen LogP) is 4.02. The summed E-state index contributed by atoms with van der Waals surface area (Å²) < 4.78 is 0. The third kappa shape index (κ3) is 3.26. The highest BCUT2D eigenvalue weighted by Gasteiger charge is 2.37. The molecule has 0 aromatic carbocycles. The molecule has 0 amide bonds. The van der Waals surface area contributed by atoms with E-state index in [2.05, 4.69) is 0 Å². The largest absolute Gasteiger partial charge is 0.512 e. The molecule has 0 fully saturated rings. The minimum absolute atomic E-state index is 0.0820. The summed E-state index contributed by atoms with van der Waals surface area (Å²) in [5.41, 5.74) is 0.730. The van der Waals surface area contributed by atoms with E-state index < -0.39 is 5.92 Å². The number of Topliss-reactive ketones (excluding diaryl/α,β-unsaturated/α-hetero) is 2. The van der Waals surface area contributed by atoms with E-state index in [1.54, 1.807) is 0 Å². The van der Waals surface area contributed by atoms with E-state index in [0.29, 0.717) is 43.3 Å². The second kappa shape index (κ2) is 6.67. The third-order valence-electron chi connectivity index (χ3n) is 4.65. The number of aliphatic hydroxyl groups excluding tert-OH is 2. The molecule has 3 atom stereocenters. The van der Waals surface area contributed by atoms with Crippen LogP contribution in [0.2, 0.25) is 0 Å². The number of carbonyl (C=O) groups excluding carboxylic acids is 2. The Morgan fingerprint density at radius 1 is 0.909 bits per heavy atom. The molecule has 0 heterocycles. The lowest BCUT2D eigenvalue weighted by Gasteiger charge is -2.30. The summed E-state index contributed by atoms with van der Waals surface area (Å²) in [6.07, 6.45) is 3.12. The van der Waals surface area contributed by atoms with Gasteiger partial charge in [-0.15, -0.1) is 0 Å². The Balaban J connectivity index is 2.47. The Bertz CT molecular complexity index is 495. The molecule has 0 radical (unpaired) electrons. The minimum atomic E-state index is -0.454. The zero-order valence-corrected chi connectivity index (χ0v) is 13.7. The fourth-order valence-corrected chi connectivity index (χ4v) is 3.71. The summed E-state index contributed by atoms with van der Waals surface area (Å²) in [5.74, 6) is -0.151. The van der Waals surface area contributed by atoms with E-state index in [1.165, 1.54) is 0 Å². The van der Waals surface area contributed by atoms with Crippen LogP contribution in [0.3, 0.4) is 0 Å². The van der Waals surface area contributed by atoms with Gasteiger partial charge in [-0.25, -0.2) is 0 Å². The van der Waals surface area contributed by atoms with Crippen molar-refractivity contribution in [2.45, 2.75) is 59.3 Å². The highest BCUT2D eigenvalue weighted by atomic mass is 16.3. The van der Waals surface area contributed by atoms with E-state index >= 15 is 0 Å². The molecule has 0 spiro atoms. The molecule has 0 aromatic rings. The van der Waals surface area contributed by atoms with Crippen molar-refractivity contribution in [3.63, 3.8) is 0 Å². The van der Waals surface area contributed by atoms with Crippen LogP contribution in [-0.2, 0) is 9.59 Å². The van der Waals surface area contributed by atoms with E-state index in [-0.39, 0.29) is 34.9 Å². The van der Waals surface area contributed by atoms with Crippen LogP contribution in [0.15, 0.2) is 22.7 Å². The molecule has 0 saturated carbocycles. The van der Waals surface area contributed by atoms with Crippen LogP contribution in [-0.4, -0.2) is 21.8 Å². The monoisotopic (exact) mass is 306 g/mol. The lowest BCUT2D eigenvalue weighted by atomic mass is 9.73. The minimum Gasteiger partial charge on any atom is -0.512 e. The van der Waals surface area contributed by atoms with Crippen LogP contribution in [0, 0.1) is 17.8 Å². The summed E-state index contributed by atoms with van der Waals surface area (Å²) in [6.45, 7) is 5.85. The first-order chi connectivity index (χ1) is 10.3. The predicted molar refractivity (Wildman–Crippen MR) is 84.5 cm³/mol. The first-order valence-electron chi connectivity index (χ1n) is 8.25. The molecule has 22 heavy (non-hydrogen) atoms. The molecular formula is C18H26O4. The van der Waals surface area contributed by atoms with E-state index in [4.69, 9.17) is 0 Å². The number of hydrogen-bond donors (Lipinski definition) is 2. The summed E-state index contributed by atoms with van der Waals surface area (Å²) in [6, 6.07) is 0. The highest BCUT2D eigenvalue weighted by Crippen LogP contribution is 2.39. The van der Waals surface area contributed by atoms with Crippen LogP contribution in [0.4, 0.5) is 0 Å². The Labute approximate surface area is 131 Å². The molecule has 4 heteroatoms. The number of aliphatic hydroxyl groups is 2. The van der Waals surface area contributed by atoms with Crippen molar-refractivity contribution in [1.82, 2.24) is 0 Å². The van der Waals surface area contributed by atoms with Crippen molar-refractivity contribution in [3.8, 4) is 0 Å². The second-order valence-electron chi connectivity index (χ2n) is 6.94. The molecular weight excluding hydrogens is 280 g/mol. The topological polar surface area (TPSA) is 74.6 Å². The van der Waals surface area contributed by atoms with Gasteiger partial charge < -0.3 is 10.2 Å². The fourth-order valence-electron chi connectivity index (χ4n) is 3.71. The van der Waals surface area contributed by atoms with Gasteiger partial charge in [0.15, 0.2) is 11.6 Å². The van der Waals surface area contributed by atoms with Gasteiger partial charge in [0, 0.05) is 42.7 Å². The van der Waals surface area contributed by atoms with Gasteiger partial charge in [0.05, 0.1) is 11.5 Å². The van der Waals surface area contributed by atoms with Gasteiger partial charge in [-0.2, -0.15) is 0 Å². The summed E-state index contributed by atoms with van der Waals surface area (Å²) in [5, 5.41) is 20.6. The number of allylic oxidation sites excluding steroid dienone is 4. The van der Waals surface area contributed by atoms with Crippen molar-refractivity contribution < 1.29 is 19.8 Å². The molecule has 1 unspecified atom stereocenters. The van der Waals surface area contributed by atoms with Gasteiger partial charge in [0.25, 0.3) is 0 Å². The summed E-state index contributed by atoms with van der Waals surface area (Å²) >= 11 is 0. The van der Waals surface area contributed by atoms with Gasteiger partial charge in [-0.05, 0) is 18.3 Å². The van der Waals surface area contributed by atoms with Crippen LogP contribution < -0.4 is 0 Å². The maximum Gasteiger partial charge on any atom is 0.163 e. The molecule has 2 rings (SSSR count). The summed E-state index contributed by atoms with van der Waals surface area (Å²) in [4.78, 5) is 24.8. The van der Waals surface area contributed by atoms with Crippen molar-refractivity contribution in [2.24, 2.45) is 17.8 Å². The number of ketones is 2. The number of hydrogen-bond acceptors (Lipinski definition) is 4. The van der Waals surface area contributed by atoms with Crippen LogP contribution >= 0.6 is 0 Å². The first-order valence-corrected chi connectivity index (χ1v) is 8.25. The summed E-state index contributed by atoms with van der Waals surface area (Å²) in [7, 11) is 0. The highest BCUT2D eigenvalue weighted by molar-refractivity contribution is 6.03. The average Bonchev–Trinajstić information content (AvgIpc) is 2.36. The van der Waals surface area contributed by atoms with E-state index in [0.717, 1.165) is 6.42 Å². The molecule has 4 nitrogen and oxygen atoms in total. The van der Waals surface area contributed by atoms with Crippen molar-refractivity contribution >= 4 is 11.6 Å². The van der Waals surface area contributed by atoms with Gasteiger partial charge in [0.2, 0.25) is 0 Å². The molecule has 0 aromatic heterocycles. The van der Waals surface area contributed by atoms with Crippen molar-refractivity contribution in [3.05, 3.63) is 22.7 Å². The van der Waals surface area contributed by atoms with Gasteiger partial charge in [-0.3, -0.25) is 9.59 Å². The van der Waals surface area contributed by atoms with Crippen LogP contribution in [0.25, 0.3) is 0 Å². The quantitative estimate of drug-likeness (QED) is 0.822. The lowest BCUT2D eigenvalue weighted by molar-refractivity contribution is -0.118. The SMILES string of the molecule is CCCC(C1=C(O)C[C@H](C)CC1=O)C1=C(O)C[C@@H](C)CC1=O. The van der Waals surface area contributed by atoms with Gasteiger partial charge >= 0.3 is 0 Å². The molecule has 2 aliphatic rings. The van der Waals surface area contributed by atoms with Gasteiger partial charge in [0.1, 0.15) is 0 Å². The molecule has 0 aliphatic heterocycles. The van der Waals surface area contributed by atoms with Crippen LogP contribution in [0.1, 0.15) is 59.3 Å². The fraction of sp³-hybridized carbons (Fsp3) is 0.667. The third-order valence-corrected chi connectivity index (χ3v) is 4.65. The molecule has 122 valence electrons. The van der Waals surface area contributed by atoms with Gasteiger partial charge in [-0.1, -0.05) is 27.2 Å². The maximum atomic E-state index is 12.4. The Kier molecular flexibility index (Phi) is 5.09. The van der Waals surface area contributed by atoms with E-state index in [1.807, 2.05) is 20.8 Å². The lowest BCUT2D eigenvalue weighted by Crippen LogP contribution is -2.30. The van der Waals surface area contributed by atoms with Crippen molar-refractivity contribution in [1.29, 1.82) is 0 Å². The molecule has 0 bridgehead atoms. The number of rotatable bonds is 4. The number of carbonyl (C=O) groups is 2. The average molecular weight is 306 g/mol. The zero-order chi connectivity index (χ0) is 16.4. The first kappa shape index (κ1) is 16.8. The maximum absolute atomic E-state index is 12.4. The molecule has 2 N–H and O–H groups in total. The van der Waals surface area contributed by atoms with Crippen molar-refractivity contribution in [2.75, 3.05) is 0 Å². The Morgan fingerprint density at radius 3 is 1.64 bits per heavy atom. The molecule has 0 saturated heterocycles. The normalized spacial score (nSPS) is 28.3. The Morgan fingerprint density at radius 2 is 1.32 bits per heavy atom. The standard InChI is InChI=1S/C18H26O4/c1-4-5-12(17-13(19)6-10(2)7-14(17)20)18-15(21)8-11(3)9-16(18)22/h10-12,19,21H,4-9H2,1-3H3/t10-,11+,12?. The zero-order valence-electron chi connectivity index (χ0n) is 13.7. The second-order valence-corrected chi connectivity index (χ2v) is 6.94.